The van der Waals surface area contributed by atoms with E-state index in [1.807, 2.05) is 6.07 Å². The maximum absolute atomic E-state index is 10.3. The van der Waals surface area contributed by atoms with Crippen LogP contribution in [-0.4, -0.2) is 49.0 Å². The first-order valence-electron chi connectivity index (χ1n) is 15.2. The van der Waals surface area contributed by atoms with Gasteiger partial charge in [-0.15, -0.1) is 0 Å². The van der Waals surface area contributed by atoms with Crippen LogP contribution in [0.3, 0.4) is 0 Å². The van der Waals surface area contributed by atoms with E-state index in [0.29, 0.717) is 12.8 Å². The lowest BCUT2D eigenvalue weighted by Crippen LogP contribution is -2.20. The fourth-order valence-electron chi connectivity index (χ4n) is 6.20. The number of benzene rings is 2. The Morgan fingerprint density at radius 1 is 0.923 bits per heavy atom. The average Bonchev–Trinajstić information content (AvgIpc) is 3.53. The van der Waals surface area contributed by atoms with Crippen molar-refractivity contribution in [2.24, 2.45) is 5.92 Å². The second kappa shape index (κ2) is 12.4. The van der Waals surface area contributed by atoms with Gasteiger partial charge in [0.2, 0.25) is 0 Å². The predicted octanol–water partition coefficient (Wildman–Crippen LogP) is 7.35. The lowest BCUT2D eigenvalue weighted by molar-refractivity contribution is 0.0820. The number of unbranched alkanes of at least 4 members (excludes halogenated alkanes) is 1. The van der Waals surface area contributed by atoms with E-state index in [4.69, 9.17) is 9.47 Å². The molecule has 0 bridgehead atoms. The van der Waals surface area contributed by atoms with Crippen molar-refractivity contribution in [2.75, 3.05) is 44.9 Å². The summed E-state index contributed by atoms with van der Waals surface area (Å²) >= 11 is 0. The number of nitriles is 1. The van der Waals surface area contributed by atoms with Crippen molar-refractivity contribution < 1.29 is 9.47 Å². The summed E-state index contributed by atoms with van der Waals surface area (Å²) in [5.41, 5.74) is 5.04. The molecule has 206 valence electrons. The maximum atomic E-state index is 10.3. The maximum Gasteiger partial charge on any atom is 0.121 e. The second-order valence-electron chi connectivity index (χ2n) is 11.6. The molecule has 2 aromatic carbocycles. The first kappa shape index (κ1) is 26.2. The van der Waals surface area contributed by atoms with Gasteiger partial charge in [-0.25, -0.2) is 0 Å². The lowest BCUT2D eigenvalue weighted by Gasteiger charge is -2.30. The highest BCUT2D eigenvalue weighted by atomic mass is 16.5. The Hall–Kier alpha value is -3.01. The number of anilines is 1. The fraction of sp³-hybridized carbons (Fsp3) is 0.545. The highest BCUT2D eigenvalue weighted by Crippen LogP contribution is 2.43. The van der Waals surface area contributed by atoms with Crippen molar-refractivity contribution in [2.45, 2.75) is 70.3 Å². The summed E-state index contributed by atoms with van der Waals surface area (Å²) in [4.78, 5) is 2.56. The van der Waals surface area contributed by atoms with Crippen LogP contribution in [0, 0.1) is 17.2 Å². The van der Waals surface area contributed by atoms with Gasteiger partial charge < -0.3 is 24.3 Å². The number of likely N-dealkylation sites (tertiary alicyclic amines) is 1. The van der Waals surface area contributed by atoms with E-state index in [2.05, 4.69) is 57.3 Å². The van der Waals surface area contributed by atoms with Crippen LogP contribution >= 0.6 is 0 Å². The van der Waals surface area contributed by atoms with Crippen molar-refractivity contribution in [1.29, 1.82) is 5.26 Å². The molecule has 39 heavy (non-hydrogen) atoms. The second-order valence-corrected chi connectivity index (χ2v) is 11.6. The number of nitrogens with zero attached hydrogens (tertiary/aromatic N) is 3. The molecule has 1 aromatic heterocycles. The van der Waals surface area contributed by atoms with Gasteiger partial charge in [0.05, 0.1) is 30.0 Å². The number of rotatable bonds is 13. The molecule has 6 heteroatoms. The molecule has 0 spiro atoms. The van der Waals surface area contributed by atoms with Gasteiger partial charge in [-0.1, -0.05) is 18.6 Å². The van der Waals surface area contributed by atoms with E-state index in [0.717, 1.165) is 77.6 Å². The summed E-state index contributed by atoms with van der Waals surface area (Å²) in [5, 5.41) is 14.7. The van der Waals surface area contributed by atoms with Crippen molar-refractivity contribution in [3.05, 3.63) is 48.0 Å². The number of aromatic nitrogens is 1. The van der Waals surface area contributed by atoms with Crippen LogP contribution in [0.2, 0.25) is 0 Å². The zero-order valence-corrected chi connectivity index (χ0v) is 23.2. The van der Waals surface area contributed by atoms with E-state index in [1.54, 1.807) is 0 Å². The van der Waals surface area contributed by atoms with Gasteiger partial charge in [-0.05, 0) is 113 Å². The first-order valence-corrected chi connectivity index (χ1v) is 15.2. The van der Waals surface area contributed by atoms with Gasteiger partial charge in [-0.3, -0.25) is 0 Å². The van der Waals surface area contributed by atoms with Gasteiger partial charge in [0.15, 0.2) is 0 Å². The van der Waals surface area contributed by atoms with Crippen LogP contribution in [0.5, 0.6) is 5.75 Å². The summed E-state index contributed by atoms with van der Waals surface area (Å²) in [7, 11) is 0. The average molecular weight is 527 g/mol. The summed E-state index contributed by atoms with van der Waals surface area (Å²) in [5.74, 6) is 1.65. The van der Waals surface area contributed by atoms with Gasteiger partial charge in [0.1, 0.15) is 18.5 Å². The Morgan fingerprint density at radius 3 is 2.41 bits per heavy atom. The third kappa shape index (κ3) is 5.95. The van der Waals surface area contributed by atoms with Crippen LogP contribution in [0.4, 0.5) is 5.69 Å². The zero-order chi connectivity index (χ0) is 26.4. The molecular formula is C33H42N4O2. The molecule has 0 amide bonds. The highest BCUT2D eigenvalue weighted by molar-refractivity contribution is 5.95. The molecule has 2 aliphatic carbocycles. The molecule has 0 radical (unpaired) electrons. The number of hydrogen-bond acceptors (Lipinski definition) is 5. The molecule has 3 fully saturated rings. The van der Waals surface area contributed by atoms with Crippen molar-refractivity contribution in [3.63, 3.8) is 0 Å². The Kier molecular flexibility index (Phi) is 8.37. The third-order valence-electron chi connectivity index (χ3n) is 8.98. The number of fused-ring (bicyclic) bond motifs is 1. The van der Waals surface area contributed by atoms with Crippen LogP contribution in [-0.2, 0) is 4.74 Å². The molecule has 6 rings (SSSR count). The number of nitrogens with one attached hydrogen (secondary N) is 1. The molecule has 3 aliphatic rings. The molecular weight excluding hydrogens is 484 g/mol. The topological polar surface area (TPSA) is 62.4 Å². The van der Waals surface area contributed by atoms with E-state index in [1.165, 1.54) is 64.6 Å². The van der Waals surface area contributed by atoms with Crippen molar-refractivity contribution in [1.82, 2.24) is 9.47 Å². The molecule has 2 saturated carbocycles. The number of hydrogen-bond donors (Lipinski definition) is 1. The Balaban J connectivity index is 1.16. The van der Waals surface area contributed by atoms with Gasteiger partial charge in [0.25, 0.3) is 0 Å². The summed E-state index contributed by atoms with van der Waals surface area (Å²) < 4.78 is 14.4. The van der Waals surface area contributed by atoms with E-state index in [9.17, 15) is 5.26 Å². The highest BCUT2D eigenvalue weighted by Gasteiger charge is 2.28. The molecule has 6 nitrogen and oxygen atoms in total. The van der Waals surface area contributed by atoms with Gasteiger partial charge >= 0.3 is 0 Å². The Morgan fingerprint density at radius 2 is 1.72 bits per heavy atom. The minimum absolute atomic E-state index is 0.429. The SMILES string of the molecule is N#Cc1c(-c2ccc(NCOCC3CCC3)cc2)n(C2CCC2)c2cc(OCCCCN3CCCC3)ccc12. The monoisotopic (exact) mass is 526 g/mol. The van der Waals surface area contributed by atoms with Gasteiger partial charge in [0, 0.05) is 23.2 Å². The van der Waals surface area contributed by atoms with E-state index >= 15 is 0 Å². The third-order valence-corrected chi connectivity index (χ3v) is 8.98. The largest absolute Gasteiger partial charge is 0.494 e. The standard InChI is InChI=1S/C33H42N4O2/c34-22-31-30-16-15-29(39-20-4-3-19-36-17-1-2-18-36)21-32(30)37(28-9-6-10-28)33(31)26-11-13-27(14-12-26)35-24-38-23-25-7-5-8-25/h11-16,21,25,28,35H,1-10,17-20,23-24H2. The minimum atomic E-state index is 0.429. The first-order chi connectivity index (χ1) is 19.3. The predicted molar refractivity (Wildman–Crippen MR) is 157 cm³/mol. The van der Waals surface area contributed by atoms with Crippen molar-refractivity contribution >= 4 is 16.6 Å². The molecule has 3 aromatic rings. The lowest BCUT2D eigenvalue weighted by atomic mass is 9.86. The Bertz CT molecular complexity index is 1280. The molecule has 0 unspecified atom stereocenters. The zero-order valence-electron chi connectivity index (χ0n) is 23.2. The van der Waals surface area contributed by atoms with E-state index in [-0.39, 0.29) is 0 Å². The summed E-state index contributed by atoms with van der Waals surface area (Å²) in [6.07, 6.45) is 12.4. The van der Waals surface area contributed by atoms with Crippen LogP contribution in [0.1, 0.15) is 75.8 Å². The van der Waals surface area contributed by atoms with Crippen LogP contribution in [0.25, 0.3) is 22.2 Å². The fourth-order valence-corrected chi connectivity index (χ4v) is 6.20. The Labute approximate surface area is 232 Å². The molecule has 1 aliphatic heterocycles. The summed E-state index contributed by atoms with van der Waals surface area (Å²) in [6, 6.07) is 17.7. The smallest absolute Gasteiger partial charge is 0.121 e. The van der Waals surface area contributed by atoms with Gasteiger partial charge in [-0.2, -0.15) is 5.26 Å². The molecule has 1 N–H and O–H groups in total. The number of ether oxygens (including phenoxy) is 2. The normalized spacial score (nSPS) is 18.1. The molecule has 1 saturated heterocycles. The minimum Gasteiger partial charge on any atom is -0.494 e. The quantitative estimate of drug-likeness (QED) is 0.186. The van der Waals surface area contributed by atoms with Crippen LogP contribution in [0.15, 0.2) is 42.5 Å². The van der Waals surface area contributed by atoms with Crippen molar-refractivity contribution in [3.8, 4) is 23.1 Å². The van der Waals surface area contributed by atoms with Crippen LogP contribution < -0.4 is 10.1 Å². The molecule has 0 atom stereocenters. The molecule has 2 heterocycles. The van der Waals surface area contributed by atoms with E-state index < -0.39 is 0 Å². The summed E-state index contributed by atoms with van der Waals surface area (Å²) in [6.45, 7) is 5.82.